The highest BCUT2D eigenvalue weighted by Crippen LogP contribution is 2.30. The first-order valence-corrected chi connectivity index (χ1v) is 13.9. The summed E-state index contributed by atoms with van der Waals surface area (Å²) in [6.45, 7) is 2.06. The van der Waals surface area contributed by atoms with Crippen molar-refractivity contribution < 1.29 is 14.4 Å². The van der Waals surface area contributed by atoms with E-state index in [1.165, 1.54) is 6.42 Å². The Bertz CT molecular complexity index is 1330. The van der Waals surface area contributed by atoms with E-state index in [-0.39, 0.29) is 23.6 Å². The molecule has 0 unspecified atom stereocenters. The minimum Gasteiger partial charge on any atom is -0.343 e. The minimum absolute atomic E-state index is 0.0736. The number of halogens is 1. The van der Waals surface area contributed by atoms with Crippen LogP contribution < -0.4 is 10.2 Å². The normalized spacial score (nSPS) is 16.3. The van der Waals surface area contributed by atoms with E-state index in [2.05, 4.69) is 5.32 Å². The summed E-state index contributed by atoms with van der Waals surface area (Å²) in [7, 11) is 1.82. The summed E-state index contributed by atoms with van der Waals surface area (Å²) in [4.78, 5) is 46.6. The molecule has 2 aliphatic rings. The molecule has 0 radical (unpaired) electrons. The molecule has 8 nitrogen and oxygen atoms in total. The van der Waals surface area contributed by atoms with Crippen LogP contribution in [0.3, 0.4) is 0 Å². The van der Waals surface area contributed by atoms with Crippen molar-refractivity contribution in [3.8, 4) is 0 Å². The number of aromatic nitrogens is 2. The number of imidazole rings is 1. The number of anilines is 2. The Morgan fingerprint density at radius 2 is 1.82 bits per heavy atom. The third kappa shape index (κ3) is 5.70. The lowest BCUT2D eigenvalue weighted by molar-refractivity contribution is -0.127. The molecule has 1 aliphatic carbocycles. The van der Waals surface area contributed by atoms with Crippen LogP contribution in [0.1, 0.15) is 61.7 Å². The summed E-state index contributed by atoms with van der Waals surface area (Å²) in [6.07, 6.45) is 7.56. The number of carbonyl (C=O) groups is 3. The Morgan fingerprint density at radius 3 is 2.53 bits per heavy atom. The number of benzene rings is 2. The number of hydrogen-bond donors (Lipinski definition) is 1. The molecule has 38 heavy (non-hydrogen) atoms. The Morgan fingerprint density at radius 1 is 1.05 bits per heavy atom. The Balaban J connectivity index is 1.40. The summed E-state index contributed by atoms with van der Waals surface area (Å²) in [5.41, 5.74) is 2.84. The van der Waals surface area contributed by atoms with Gasteiger partial charge in [0.25, 0.3) is 5.91 Å². The van der Waals surface area contributed by atoms with Crippen LogP contribution in [0.15, 0.2) is 42.5 Å². The molecule has 2 aromatic carbocycles. The summed E-state index contributed by atoms with van der Waals surface area (Å²) >= 11 is 5.98. The van der Waals surface area contributed by atoms with Gasteiger partial charge in [0.2, 0.25) is 17.8 Å². The molecule has 5 rings (SSSR count). The van der Waals surface area contributed by atoms with E-state index in [4.69, 9.17) is 16.6 Å². The average Bonchev–Trinajstić information content (AvgIpc) is 3.50. The predicted molar refractivity (Wildman–Crippen MR) is 150 cm³/mol. The van der Waals surface area contributed by atoms with Crippen molar-refractivity contribution in [2.24, 2.45) is 5.92 Å². The number of nitrogens with one attached hydrogen (secondary N) is 1. The van der Waals surface area contributed by atoms with Crippen molar-refractivity contribution >= 4 is 52.0 Å². The first kappa shape index (κ1) is 26.2. The van der Waals surface area contributed by atoms with Gasteiger partial charge in [-0.3, -0.25) is 19.7 Å². The van der Waals surface area contributed by atoms with Crippen molar-refractivity contribution in [3.63, 3.8) is 0 Å². The smallest absolute Gasteiger partial charge is 0.257 e. The molecule has 2 heterocycles. The molecule has 1 aromatic heterocycles. The Labute approximate surface area is 227 Å². The lowest BCUT2D eigenvalue weighted by atomic mass is 9.88. The number of likely N-dealkylation sites (tertiary alicyclic amines) is 1. The molecule has 1 aliphatic heterocycles. The van der Waals surface area contributed by atoms with Gasteiger partial charge in [-0.05, 0) is 68.1 Å². The number of amides is 3. The number of hydrogen-bond acceptors (Lipinski definition) is 4. The molecular weight excluding hydrogens is 502 g/mol. The molecule has 9 heteroatoms. The minimum atomic E-state index is -0.280. The second kappa shape index (κ2) is 11.6. The van der Waals surface area contributed by atoms with Crippen molar-refractivity contribution in [2.75, 3.05) is 30.4 Å². The highest BCUT2D eigenvalue weighted by molar-refractivity contribution is 6.30. The summed E-state index contributed by atoms with van der Waals surface area (Å²) in [5.74, 6) is 0.579. The zero-order valence-corrected chi connectivity index (χ0v) is 22.5. The zero-order valence-electron chi connectivity index (χ0n) is 21.8. The van der Waals surface area contributed by atoms with Crippen LogP contribution in [0.2, 0.25) is 5.02 Å². The van der Waals surface area contributed by atoms with Crippen molar-refractivity contribution in [1.82, 2.24) is 14.5 Å². The van der Waals surface area contributed by atoms with Crippen LogP contribution in [0.25, 0.3) is 11.0 Å². The van der Waals surface area contributed by atoms with Gasteiger partial charge in [-0.25, -0.2) is 4.98 Å². The number of aryl methyl sites for hydroxylation is 1. The molecule has 200 valence electrons. The van der Waals surface area contributed by atoms with Crippen LogP contribution in [0.5, 0.6) is 0 Å². The monoisotopic (exact) mass is 535 g/mol. The van der Waals surface area contributed by atoms with E-state index in [0.29, 0.717) is 41.6 Å². The topological polar surface area (TPSA) is 87.5 Å². The third-order valence-electron chi connectivity index (χ3n) is 7.72. The number of carbonyl (C=O) groups excluding carboxylic acids is 3. The molecule has 1 N–H and O–H groups in total. The van der Waals surface area contributed by atoms with Gasteiger partial charge in [-0.2, -0.15) is 0 Å². The SMILES string of the molecule is CN(C(=O)C1CCCCC1)c1ccc2c(c1)nc(NC(=O)c1ccc(Cl)cc1)n2CCCN1CCCC1=O. The molecule has 0 spiro atoms. The maximum atomic E-state index is 13.1. The first-order valence-electron chi connectivity index (χ1n) is 13.5. The second-order valence-electron chi connectivity index (χ2n) is 10.3. The average molecular weight is 536 g/mol. The number of nitrogens with zero attached hydrogens (tertiary/aromatic N) is 4. The predicted octanol–water partition coefficient (Wildman–Crippen LogP) is 5.50. The summed E-state index contributed by atoms with van der Waals surface area (Å²) < 4.78 is 1.98. The highest BCUT2D eigenvalue weighted by Gasteiger charge is 2.26. The first-order chi connectivity index (χ1) is 18.4. The van der Waals surface area contributed by atoms with E-state index in [1.807, 2.05) is 34.7 Å². The fourth-order valence-corrected chi connectivity index (χ4v) is 5.66. The Kier molecular flexibility index (Phi) is 7.98. The van der Waals surface area contributed by atoms with Crippen LogP contribution in [-0.2, 0) is 16.1 Å². The van der Waals surface area contributed by atoms with Gasteiger partial charge in [0.1, 0.15) is 0 Å². The molecule has 0 atom stereocenters. The fraction of sp³-hybridized carbons (Fsp3) is 0.448. The lowest BCUT2D eigenvalue weighted by Gasteiger charge is -2.26. The van der Waals surface area contributed by atoms with E-state index in [0.717, 1.165) is 56.3 Å². The zero-order chi connectivity index (χ0) is 26.6. The standard InChI is InChI=1S/C29H34ClN5O3/c1-33(28(38)21-7-3-2-4-8-21)23-14-15-25-24(19-23)31-29(32-27(37)20-10-12-22(30)13-11-20)35(25)18-6-17-34-16-5-9-26(34)36/h10-15,19,21H,2-9,16-18H2,1H3,(H,31,32,37). The maximum absolute atomic E-state index is 13.1. The van der Waals surface area contributed by atoms with Gasteiger partial charge in [0, 0.05) is 55.3 Å². The van der Waals surface area contributed by atoms with Gasteiger partial charge in [0.15, 0.2) is 0 Å². The van der Waals surface area contributed by atoms with Crippen molar-refractivity contribution in [2.45, 2.75) is 57.9 Å². The lowest BCUT2D eigenvalue weighted by Crippen LogP contribution is -2.33. The van der Waals surface area contributed by atoms with E-state index >= 15 is 0 Å². The maximum Gasteiger partial charge on any atom is 0.257 e. The van der Waals surface area contributed by atoms with Gasteiger partial charge in [-0.1, -0.05) is 30.9 Å². The van der Waals surface area contributed by atoms with Crippen molar-refractivity contribution in [3.05, 3.63) is 53.1 Å². The number of fused-ring (bicyclic) bond motifs is 1. The molecule has 3 amide bonds. The van der Waals surface area contributed by atoms with Gasteiger partial charge in [-0.15, -0.1) is 0 Å². The summed E-state index contributed by atoms with van der Waals surface area (Å²) in [6, 6.07) is 12.5. The second-order valence-corrected chi connectivity index (χ2v) is 10.7. The fourth-order valence-electron chi connectivity index (χ4n) is 5.53. The third-order valence-corrected chi connectivity index (χ3v) is 7.97. The highest BCUT2D eigenvalue weighted by atomic mass is 35.5. The molecular formula is C29H34ClN5O3. The van der Waals surface area contributed by atoms with E-state index in [1.54, 1.807) is 29.2 Å². The molecule has 2 fully saturated rings. The Hall–Kier alpha value is -3.39. The van der Waals surface area contributed by atoms with E-state index < -0.39 is 0 Å². The van der Waals surface area contributed by atoms with Crippen LogP contribution in [-0.4, -0.2) is 52.3 Å². The largest absolute Gasteiger partial charge is 0.343 e. The van der Waals surface area contributed by atoms with Gasteiger partial charge in [0.05, 0.1) is 11.0 Å². The quantitative estimate of drug-likeness (QED) is 0.412. The molecule has 3 aromatic rings. The molecule has 0 bridgehead atoms. The molecule has 1 saturated heterocycles. The van der Waals surface area contributed by atoms with Crippen LogP contribution in [0.4, 0.5) is 11.6 Å². The van der Waals surface area contributed by atoms with Crippen LogP contribution in [0, 0.1) is 5.92 Å². The molecule has 1 saturated carbocycles. The van der Waals surface area contributed by atoms with Gasteiger partial charge < -0.3 is 14.4 Å². The van der Waals surface area contributed by atoms with E-state index in [9.17, 15) is 14.4 Å². The summed E-state index contributed by atoms with van der Waals surface area (Å²) in [5, 5.41) is 3.51. The van der Waals surface area contributed by atoms with Crippen LogP contribution >= 0.6 is 11.6 Å². The van der Waals surface area contributed by atoms with Gasteiger partial charge >= 0.3 is 0 Å². The van der Waals surface area contributed by atoms with Crippen molar-refractivity contribution in [1.29, 1.82) is 0 Å². The number of rotatable bonds is 8.